The Kier molecular flexibility index (Phi) is 8.14. The fourth-order valence-electron chi connectivity index (χ4n) is 2.07. The number of ether oxygens (including phenoxy) is 1. The Morgan fingerprint density at radius 3 is 2.77 bits per heavy atom. The molecular formula is C16H25N3O3. The molecule has 1 heterocycles. The molecule has 0 fully saturated rings. The molecule has 22 heavy (non-hydrogen) atoms. The van der Waals surface area contributed by atoms with Crippen molar-refractivity contribution in [3.63, 3.8) is 0 Å². The van der Waals surface area contributed by atoms with Gasteiger partial charge in [-0.1, -0.05) is 19.9 Å². The lowest BCUT2D eigenvalue weighted by Gasteiger charge is -2.23. The number of hydrogen-bond donors (Lipinski definition) is 1. The average Bonchev–Trinajstić information content (AvgIpc) is 2.50. The zero-order valence-corrected chi connectivity index (χ0v) is 13.5. The number of methoxy groups -OCH3 is 1. The van der Waals surface area contributed by atoms with Crippen LogP contribution in [0.15, 0.2) is 24.5 Å². The Morgan fingerprint density at radius 2 is 2.18 bits per heavy atom. The summed E-state index contributed by atoms with van der Waals surface area (Å²) in [5.74, 6) is 0.0997. The zero-order chi connectivity index (χ0) is 16.4. The van der Waals surface area contributed by atoms with Gasteiger partial charge >= 0.3 is 5.97 Å². The fraction of sp³-hybridized carbons (Fsp3) is 0.562. The van der Waals surface area contributed by atoms with Gasteiger partial charge in [-0.3, -0.25) is 19.5 Å². The largest absolute Gasteiger partial charge is 0.469 e. The molecule has 1 amide bonds. The topological polar surface area (TPSA) is 71.5 Å². The lowest BCUT2D eigenvalue weighted by atomic mass is 10.2. The first-order valence-corrected chi connectivity index (χ1v) is 7.46. The highest BCUT2D eigenvalue weighted by molar-refractivity contribution is 5.78. The summed E-state index contributed by atoms with van der Waals surface area (Å²) in [7, 11) is 1.37. The van der Waals surface area contributed by atoms with Crippen molar-refractivity contribution in [2.45, 2.75) is 26.8 Å². The number of carbonyl (C=O) groups excluding carboxylic acids is 2. The van der Waals surface area contributed by atoms with E-state index in [-0.39, 0.29) is 18.4 Å². The Balaban J connectivity index is 2.42. The molecule has 122 valence electrons. The van der Waals surface area contributed by atoms with Gasteiger partial charge in [0, 0.05) is 32.0 Å². The Labute approximate surface area is 131 Å². The van der Waals surface area contributed by atoms with E-state index in [0.717, 1.165) is 12.1 Å². The quantitative estimate of drug-likeness (QED) is 0.695. The molecule has 1 aromatic heterocycles. The standard InChI is InChI=1S/C16H25N3O3/c1-13(2)11-19(8-6-16(21)22-3)12-15(20)18-10-14-5-4-7-17-9-14/h4-5,7,9,13H,6,8,10-12H2,1-3H3,(H,18,20). The summed E-state index contributed by atoms with van der Waals surface area (Å²) in [4.78, 5) is 29.3. The number of nitrogens with zero attached hydrogens (tertiary/aromatic N) is 2. The summed E-state index contributed by atoms with van der Waals surface area (Å²) in [6.45, 7) is 6.18. The van der Waals surface area contributed by atoms with E-state index < -0.39 is 0 Å². The third-order valence-corrected chi connectivity index (χ3v) is 3.06. The van der Waals surface area contributed by atoms with Crippen LogP contribution in [0.1, 0.15) is 25.8 Å². The minimum atomic E-state index is -0.260. The van der Waals surface area contributed by atoms with Crippen LogP contribution in [0.25, 0.3) is 0 Å². The molecule has 0 saturated heterocycles. The lowest BCUT2D eigenvalue weighted by molar-refractivity contribution is -0.141. The third-order valence-electron chi connectivity index (χ3n) is 3.06. The number of nitrogens with one attached hydrogen (secondary N) is 1. The number of carbonyl (C=O) groups is 2. The van der Waals surface area contributed by atoms with Gasteiger partial charge < -0.3 is 10.1 Å². The van der Waals surface area contributed by atoms with E-state index in [9.17, 15) is 9.59 Å². The molecule has 0 aromatic carbocycles. The van der Waals surface area contributed by atoms with Crippen molar-refractivity contribution in [2.75, 3.05) is 26.7 Å². The predicted molar refractivity (Wildman–Crippen MR) is 84.0 cm³/mol. The van der Waals surface area contributed by atoms with Crippen LogP contribution in [0, 0.1) is 5.92 Å². The smallest absolute Gasteiger partial charge is 0.306 e. The van der Waals surface area contributed by atoms with E-state index in [0.29, 0.717) is 25.4 Å². The first-order chi connectivity index (χ1) is 10.5. The SMILES string of the molecule is COC(=O)CCN(CC(=O)NCc1cccnc1)CC(C)C. The Bertz CT molecular complexity index is 463. The first-order valence-electron chi connectivity index (χ1n) is 7.46. The van der Waals surface area contributed by atoms with Gasteiger partial charge in [-0.15, -0.1) is 0 Å². The molecular weight excluding hydrogens is 282 g/mol. The van der Waals surface area contributed by atoms with Crippen molar-refractivity contribution in [2.24, 2.45) is 5.92 Å². The first kappa shape index (κ1) is 18.1. The lowest BCUT2D eigenvalue weighted by Crippen LogP contribution is -2.39. The van der Waals surface area contributed by atoms with Crippen LogP contribution in [0.5, 0.6) is 0 Å². The Morgan fingerprint density at radius 1 is 1.41 bits per heavy atom. The number of rotatable bonds is 9. The molecule has 6 nitrogen and oxygen atoms in total. The van der Waals surface area contributed by atoms with Crippen LogP contribution in [0.2, 0.25) is 0 Å². The van der Waals surface area contributed by atoms with Crippen LogP contribution >= 0.6 is 0 Å². The molecule has 6 heteroatoms. The van der Waals surface area contributed by atoms with Gasteiger partial charge in [0.25, 0.3) is 0 Å². The number of amides is 1. The minimum absolute atomic E-state index is 0.0608. The van der Waals surface area contributed by atoms with Gasteiger partial charge in [0.15, 0.2) is 0 Å². The zero-order valence-electron chi connectivity index (χ0n) is 13.5. The molecule has 0 aliphatic carbocycles. The van der Waals surface area contributed by atoms with Crippen LogP contribution < -0.4 is 5.32 Å². The second-order valence-corrected chi connectivity index (χ2v) is 5.59. The highest BCUT2D eigenvalue weighted by Gasteiger charge is 2.14. The van der Waals surface area contributed by atoms with Crippen molar-refractivity contribution in [3.05, 3.63) is 30.1 Å². The van der Waals surface area contributed by atoms with Crippen molar-refractivity contribution in [1.82, 2.24) is 15.2 Å². The van der Waals surface area contributed by atoms with Gasteiger partial charge in [-0.05, 0) is 17.5 Å². The second-order valence-electron chi connectivity index (χ2n) is 5.59. The monoisotopic (exact) mass is 307 g/mol. The average molecular weight is 307 g/mol. The summed E-state index contributed by atoms with van der Waals surface area (Å²) in [6.07, 6.45) is 3.71. The van der Waals surface area contributed by atoms with Crippen molar-refractivity contribution in [3.8, 4) is 0 Å². The molecule has 0 aliphatic rings. The summed E-state index contributed by atoms with van der Waals surface area (Å²) >= 11 is 0. The molecule has 1 aromatic rings. The normalized spacial score (nSPS) is 10.8. The van der Waals surface area contributed by atoms with Gasteiger partial charge in [-0.2, -0.15) is 0 Å². The van der Waals surface area contributed by atoms with E-state index in [2.05, 4.69) is 28.9 Å². The number of esters is 1. The maximum Gasteiger partial charge on any atom is 0.306 e. The van der Waals surface area contributed by atoms with E-state index in [4.69, 9.17) is 0 Å². The van der Waals surface area contributed by atoms with Gasteiger partial charge in [-0.25, -0.2) is 0 Å². The van der Waals surface area contributed by atoms with Crippen molar-refractivity contribution >= 4 is 11.9 Å². The molecule has 1 rings (SSSR count). The number of aromatic nitrogens is 1. The van der Waals surface area contributed by atoms with Crippen LogP contribution in [-0.2, 0) is 20.9 Å². The summed E-state index contributed by atoms with van der Waals surface area (Å²) in [6, 6.07) is 3.75. The van der Waals surface area contributed by atoms with E-state index in [1.165, 1.54) is 7.11 Å². The number of pyridine rings is 1. The van der Waals surface area contributed by atoms with Gasteiger partial charge in [0.1, 0.15) is 0 Å². The molecule has 0 atom stereocenters. The second kappa shape index (κ2) is 9.89. The molecule has 0 bridgehead atoms. The van der Waals surface area contributed by atoms with Gasteiger partial charge in [0.05, 0.1) is 20.1 Å². The fourth-order valence-corrected chi connectivity index (χ4v) is 2.07. The Hall–Kier alpha value is -1.95. The maximum atomic E-state index is 12.0. The predicted octanol–water partition coefficient (Wildman–Crippen LogP) is 1.22. The van der Waals surface area contributed by atoms with E-state index >= 15 is 0 Å². The third kappa shape index (κ3) is 7.73. The summed E-state index contributed by atoms with van der Waals surface area (Å²) < 4.78 is 4.64. The molecule has 1 N–H and O–H groups in total. The minimum Gasteiger partial charge on any atom is -0.469 e. The molecule has 0 aliphatic heterocycles. The number of hydrogen-bond acceptors (Lipinski definition) is 5. The highest BCUT2D eigenvalue weighted by Crippen LogP contribution is 2.01. The molecule has 0 unspecified atom stereocenters. The van der Waals surface area contributed by atoms with Crippen LogP contribution in [0.3, 0.4) is 0 Å². The summed E-state index contributed by atoms with van der Waals surface area (Å²) in [5, 5.41) is 2.87. The molecule has 0 saturated carbocycles. The van der Waals surface area contributed by atoms with Crippen molar-refractivity contribution in [1.29, 1.82) is 0 Å². The van der Waals surface area contributed by atoms with Crippen LogP contribution in [0.4, 0.5) is 0 Å². The summed E-state index contributed by atoms with van der Waals surface area (Å²) in [5.41, 5.74) is 0.959. The van der Waals surface area contributed by atoms with E-state index in [1.807, 2.05) is 17.0 Å². The highest BCUT2D eigenvalue weighted by atomic mass is 16.5. The maximum absolute atomic E-state index is 12.0. The van der Waals surface area contributed by atoms with Crippen molar-refractivity contribution < 1.29 is 14.3 Å². The molecule has 0 spiro atoms. The van der Waals surface area contributed by atoms with Gasteiger partial charge in [0.2, 0.25) is 5.91 Å². The van der Waals surface area contributed by atoms with E-state index in [1.54, 1.807) is 12.4 Å². The van der Waals surface area contributed by atoms with Crippen LogP contribution in [-0.4, -0.2) is 48.5 Å². The molecule has 0 radical (unpaired) electrons.